The standard InChI is InChI=1S/C8H9N3OS/c1-5-10-7(4-13-5)6-2-9-8(3-12)11-6/h2,4,12H,3H2,1H3,(H,9,11). The van der Waals surface area contributed by atoms with Crippen molar-refractivity contribution in [1.82, 2.24) is 15.0 Å². The Morgan fingerprint density at radius 3 is 3.00 bits per heavy atom. The average Bonchev–Trinajstić information content (AvgIpc) is 2.71. The van der Waals surface area contributed by atoms with Gasteiger partial charge in [-0.3, -0.25) is 0 Å². The van der Waals surface area contributed by atoms with E-state index < -0.39 is 0 Å². The summed E-state index contributed by atoms with van der Waals surface area (Å²) in [4.78, 5) is 11.2. The molecule has 0 radical (unpaired) electrons. The van der Waals surface area contributed by atoms with Crippen molar-refractivity contribution in [1.29, 1.82) is 0 Å². The second-order valence-corrected chi connectivity index (χ2v) is 3.72. The summed E-state index contributed by atoms with van der Waals surface area (Å²) in [7, 11) is 0. The predicted molar refractivity (Wildman–Crippen MR) is 50.4 cm³/mol. The van der Waals surface area contributed by atoms with Crippen molar-refractivity contribution < 1.29 is 5.11 Å². The van der Waals surface area contributed by atoms with E-state index >= 15 is 0 Å². The van der Waals surface area contributed by atoms with Gasteiger partial charge in [0.1, 0.15) is 12.4 Å². The van der Waals surface area contributed by atoms with Gasteiger partial charge in [0.25, 0.3) is 0 Å². The van der Waals surface area contributed by atoms with Crippen LogP contribution in [-0.2, 0) is 6.61 Å². The predicted octanol–water partition coefficient (Wildman–Crippen LogP) is 1.33. The topological polar surface area (TPSA) is 61.8 Å². The molecule has 5 heteroatoms. The highest BCUT2D eigenvalue weighted by molar-refractivity contribution is 7.09. The van der Waals surface area contributed by atoms with Crippen molar-refractivity contribution in [3.63, 3.8) is 0 Å². The third kappa shape index (κ3) is 1.61. The Balaban J connectivity index is 2.35. The number of H-pyrrole nitrogens is 1. The highest BCUT2D eigenvalue weighted by Gasteiger charge is 2.04. The van der Waals surface area contributed by atoms with Crippen LogP contribution in [-0.4, -0.2) is 20.1 Å². The van der Waals surface area contributed by atoms with E-state index in [1.807, 2.05) is 12.3 Å². The number of aryl methyl sites for hydroxylation is 1. The lowest BCUT2D eigenvalue weighted by molar-refractivity contribution is 0.272. The van der Waals surface area contributed by atoms with Gasteiger partial charge >= 0.3 is 0 Å². The van der Waals surface area contributed by atoms with Gasteiger partial charge in [-0.05, 0) is 6.92 Å². The summed E-state index contributed by atoms with van der Waals surface area (Å²) >= 11 is 1.59. The Kier molecular flexibility index (Phi) is 2.12. The van der Waals surface area contributed by atoms with Gasteiger partial charge < -0.3 is 10.1 Å². The van der Waals surface area contributed by atoms with Crippen LogP contribution in [0.5, 0.6) is 0 Å². The van der Waals surface area contributed by atoms with Crippen molar-refractivity contribution >= 4 is 11.3 Å². The van der Waals surface area contributed by atoms with Crippen LogP contribution in [0.3, 0.4) is 0 Å². The van der Waals surface area contributed by atoms with Gasteiger partial charge in [-0.25, -0.2) is 9.97 Å². The van der Waals surface area contributed by atoms with Gasteiger partial charge in [0.2, 0.25) is 0 Å². The number of aliphatic hydroxyl groups excluding tert-OH is 1. The van der Waals surface area contributed by atoms with Crippen LogP contribution < -0.4 is 0 Å². The first-order valence-electron chi connectivity index (χ1n) is 3.87. The Morgan fingerprint density at radius 2 is 2.46 bits per heavy atom. The molecule has 0 saturated carbocycles. The minimum absolute atomic E-state index is 0.0663. The first-order chi connectivity index (χ1) is 6.29. The van der Waals surface area contributed by atoms with E-state index in [0.717, 1.165) is 16.4 Å². The van der Waals surface area contributed by atoms with Crippen LogP contribution in [0.15, 0.2) is 11.6 Å². The number of nitrogens with one attached hydrogen (secondary N) is 1. The minimum Gasteiger partial charge on any atom is -0.388 e. The van der Waals surface area contributed by atoms with Crippen LogP contribution in [0.4, 0.5) is 0 Å². The van der Waals surface area contributed by atoms with E-state index in [0.29, 0.717) is 5.82 Å². The average molecular weight is 195 g/mol. The Hall–Kier alpha value is -1.20. The Labute approximate surface area is 79.3 Å². The quantitative estimate of drug-likeness (QED) is 0.760. The molecule has 0 aromatic carbocycles. The number of aromatic amines is 1. The third-order valence-corrected chi connectivity index (χ3v) is 2.45. The molecule has 0 fully saturated rings. The van der Waals surface area contributed by atoms with E-state index in [9.17, 15) is 0 Å². The number of rotatable bonds is 2. The molecule has 0 spiro atoms. The molecule has 68 valence electrons. The molecule has 0 aliphatic heterocycles. The summed E-state index contributed by atoms with van der Waals surface area (Å²) in [6.45, 7) is 1.89. The smallest absolute Gasteiger partial charge is 0.132 e. The molecule has 0 unspecified atom stereocenters. The Morgan fingerprint density at radius 1 is 1.62 bits per heavy atom. The van der Waals surface area contributed by atoms with Gasteiger partial charge in [0, 0.05) is 5.38 Å². The number of imidazole rings is 1. The van der Waals surface area contributed by atoms with Gasteiger partial charge in [-0.1, -0.05) is 0 Å². The number of aromatic nitrogens is 3. The summed E-state index contributed by atoms with van der Waals surface area (Å²) in [5, 5.41) is 11.8. The molecule has 0 saturated heterocycles. The van der Waals surface area contributed by atoms with Gasteiger partial charge in [-0.2, -0.15) is 0 Å². The van der Waals surface area contributed by atoms with Crippen molar-refractivity contribution in [2.24, 2.45) is 0 Å². The van der Waals surface area contributed by atoms with Gasteiger partial charge in [0.15, 0.2) is 0 Å². The minimum atomic E-state index is -0.0663. The maximum Gasteiger partial charge on any atom is 0.132 e. The Bertz CT molecular complexity index is 407. The molecule has 4 nitrogen and oxygen atoms in total. The van der Waals surface area contributed by atoms with E-state index in [2.05, 4.69) is 15.0 Å². The molecular weight excluding hydrogens is 186 g/mol. The monoisotopic (exact) mass is 195 g/mol. The van der Waals surface area contributed by atoms with Crippen molar-refractivity contribution in [3.8, 4) is 11.4 Å². The fraction of sp³-hybridized carbons (Fsp3) is 0.250. The van der Waals surface area contributed by atoms with Crippen LogP contribution >= 0.6 is 11.3 Å². The van der Waals surface area contributed by atoms with Crippen molar-refractivity contribution in [2.75, 3.05) is 0 Å². The fourth-order valence-corrected chi connectivity index (χ4v) is 1.67. The summed E-state index contributed by atoms with van der Waals surface area (Å²) in [5.41, 5.74) is 1.74. The lowest BCUT2D eigenvalue weighted by Gasteiger charge is -1.88. The highest BCUT2D eigenvalue weighted by Crippen LogP contribution is 2.19. The summed E-state index contributed by atoms with van der Waals surface area (Å²) in [5.74, 6) is 0.570. The molecule has 0 amide bonds. The molecule has 0 bridgehead atoms. The van der Waals surface area contributed by atoms with E-state index in [1.165, 1.54) is 0 Å². The third-order valence-electron chi connectivity index (χ3n) is 1.67. The maximum absolute atomic E-state index is 8.79. The molecule has 2 heterocycles. The lowest BCUT2D eigenvalue weighted by atomic mass is 10.4. The highest BCUT2D eigenvalue weighted by atomic mass is 32.1. The number of hydrogen-bond donors (Lipinski definition) is 2. The van der Waals surface area contributed by atoms with E-state index in [1.54, 1.807) is 17.5 Å². The maximum atomic E-state index is 8.79. The van der Waals surface area contributed by atoms with Crippen molar-refractivity contribution in [2.45, 2.75) is 13.5 Å². The first kappa shape index (κ1) is 8.40. The molecule has 2 rings (SSSR count). The van der Waals surface area contributed by atoms with Crippen LogP contribution in [0.1, 0.15) is 10.8 Å². The van der Waals surface area contributed by atoms with Crippen LogP contribution in [0.25, 0.3) is 11.4 Å². The lowest BCUT2D eigenvalue weighted by Crippen LogP contribution is -1.84. The van der Waals surface area contributed by atoms with Gasteiger partial charge in [0.05, 0.1) is 22.6 Å². The number of thiazole rings is 1. The molecular formula is C8H9N3OS. The zero-order valence-corrected chi connectivity index (χ0v) is 7.93. The molecule has 0 aliphatic carbocycles. The largest absolute Gasteiger partial charge is 0.388 e. The fourth-order valence-electron chi connectivity index (χ4n) is 1.06. The zero-order chi connectivity index (χ0) is 9.26. The second-order valence-electron chi connectivity index (χ2n) is 2.65. The second kappa shape index (κ2) is 3.27. The number of nitrogens with zero attached hydrogens (tertiary/aromatic N) is 2. The number of aliphatic hydroxyl groups is 1. The van der Waals surface area contributed by atoms with E-state index in [4.69, 9.17) is 5.11 Å². The van der Waals surface area contributed by atoms with Crippen LogP contribution in [0, 0.1) is 6.92 Å². The van der Waals surface area contributed by atoms with Gasteiger partial charge in [-0.15, -0.1) is 11.3 Å². The summed E-state index contributed by atoms with van der Waals surface area (Å²) in [6.07, 6.45) is 1.68. The first-order valence-corrected chi connectivity index (χ1v) is 4.75. The van der Waals surface area contributed by atoms with E-state index in [-0.39, 0.29) is 6.61 Å². The molecule has 0 aliphatic rings. The molecule has 2 aromatic rings. The van der Waals surface area contributed by atoms with Crippen molar-refractivity contribution in [3.05, 3.63) is 22.4 Å². The number of hydrogen-bond acceptors (Lipinski definition) is 4. The summed E-state index contributed by atoms with van der Waals surface area (Å²) in [6, 6.07) is 0. The summed E-state index contributed by atoms with van der Waals surface area (Å²) < 4.78 is 0. The molecule has 2 N–H and O–H groups in total. The zero-order valence-electron chi connectivity index (χ0n) is 7.11. The normalized spacial score (nSPS) is 10.6. The van der Waals surface area contributed by atoms with Crippen LogP contribution in [0.2, 0.25) is 0 Å². The molecule has 0 atom stereocenters. The molecule has 13 heavy (non-hydrogen) atoms. The molecule has 2 aromatic heterocycles. The SMILES string of the molecule is Cc1nc(-c2cnc(CO)[nH]2)cs1.